The van der Waals surface area contributed by atoms with Gasteiger partial charge in [0.15, 0.2) is 5.03 Å². The lowest BCUT2D eigenvalue weighted by Gasteiger charge is -2.14. The first kappa shape index (κ1) is 26.7. The van der Waals surface area contributed by atoms with Crippen LogP contribution in [0.1, 0.15) is 11.1 Å². The molecule has 0 radical (unpaired) electrons. The molecule has 39 heavy (non-hydrogen) atoms. The van der Waals surface area contributed by atoms with E-state index in [2.05, 4.69) is 9.71 Å². The van der Waals surface area contributed by atoms with E-state index in [1.807, 2.05) is 0 Å². The van der Waals surface area contributed by atoms with Crippen molar-refractivity contribution in [2.45, 2.75) is 23.1 Å². The highest BCUT2D eigenvalue weighted by atomic mass is 32.2. The highest BCUT2D eigenvalue weighted by molar-refractivity contribution is 7.92. The molecule has 11 heteroatoms. The quantitative estimate of drug-likeness (QED) is 0.260. The van der Waals surface area contributed by atoms with Crippen molar-refractivity contribution < 1.29 is 26.0 Å². The second-order valence-corrected chi connectivity index (χ2v) is 12.2. The normalized spacial score (nSPS) is 12.2. The predicted molar refractivity (Wildman–Crippen MR) is 145 cm³/mol. The van der Waals surface area contributed by atoms with E-state index in [9.17, 15) is 21.2 Å². The zero-order chi connectivity index (χ0) is 27.6. The zero-order valence-corrected chi connectivity index (χ0v) is 22.4. The topological polar surface area (TPSA) is 107 Å². The van der Waals surface area contributed by atoms with Crippen molar-refractivity contribution in [3.63, 3.8) is 0 Å². The van der Waals surface area contributed by atoms with Crippen molar-refractivity contribution in [1.29, 1.82) is 0 Å². The smallest absolute Gasteiger partial charge is 0.269 e. The number of ether oxygens (including phenoxy) is 1. The molecule has 0 atom stereocenters. The number of rotatable bonds is 9. The van der Waals surface area contributed by atoms with Gasteiger partial charge >= 0.3 is 0 Å². The van der Waals surface area contributed by atoms with Gasteiger partial charge < -0.3 is 4.74 Å². The molecule has 0 aliphatic rings. The Bertz CT molecular complexity index is 1840. The maximum atomic E-state index is 13.8. The Morgan fingerprint density at radius 3 is 2.18 bits per heavy atom. The van der Waals surface area contributed by atoms with Gasteiger partial charge in [-0.2, -0.15) is 4.39 Å². The Morgan fingerprint density at radius 1 is 0.846 bits per heavy atom. The number of nitrogens with one attached hydrogen (secondary N) is 1. The largest absolute Gasteiger partial charge is 0.380 e. The van der Waals surface area contributed by atoms with Crippen molar-refractivity contribution in [1.82, 2.24) is 13.7 Å². The Balaban J connectivity index is 1.55. The summed E-state index contributed by atoms with van der Waals surface area (Å²) in [5, 5.41) is 0.0555. The fourth-order valence-corrected chi connectivity index (χ4v) is 7.70. The maximum Gasteiger partial charge on any atom is 0.269 e. The average molecular weight is 566 g/mol. The standard InChI is InChI=1S/C28H24FN3O5S2/c1-37-19-25-24-9-5-6-10-26(24)32(39(35,36)23-7-3-2-4-8-23)28(25)38(33,34)31-17-20-11-13-21(14-12-20)22-15-16-27(29)30-18-22/h2-16,18,31H,17,19H2,1H3. The van der Waals surface area contributed by atoms with Gasteiger partial charge in [-0.05, 0) is 41.5 Å². The Kier molecular flexibility index (Phi) is 7.32. The molecule has 0 amide bonds. The van der Waals surface area contributed by atoms with Gasteiger partial charge in [0.1, 0.15) is 0 Å². The molecule has 0 bridgehead atoms. The van der Waals surface area contributed by atoms with E-state index in [4.69, 9.17) is 4.74 Å². The highest BCUT2D eigenvalue weighted by Crippen LogP contribution is 2.34. The summed E-state index contributed by atoms with van der Waals surface area (Å²) in [5.41, 5.74) is 2.60. The lowest BCUT2D eigenvalue weighted by Crippen LogP contribution is -2.29. The van der Waals surface area contributed by atoms with Crippen molar-refractivity contribution in [2.75, 3.05) is 7.11 Å². The van der Waals surface area contributed by atoms with Crippen LogP contribution in [0.4, 0.5) is 4.39 Å². The van der Waals surface area contributed by atoms with Crippen LogP contribution in [0.3, 0.4) is 0 Å². The minimum Gasteiger partial charge on any atom is -0.380 e. The summed E-state index contributed by atoms with van der Waals surface area (Å²) in [5.74, 6) is -0.579. The van der Waals surface area contributed by atoms with E-state index in [0.29, 0.717) is 16.5 Å². The molecule has 1 N–H and O–H groups in total. The molecule has 0 saturated carbocycles. The second kappa shape index (κ2) is 10.7. The number of aromatic nitrogens is 2. The molecule has 3 aromatic carbocycles. The molecule has 0 aliphatic carbocycles. The summed E-state index contributed by atoms with van der Waals surface area (Å²) in [6.07, 6.45) is 1.41. The number of para-hydroxylation sites is 1. The number of methoxy groups -OCH3 is 1. The number of sulfonamides is 1. The molecule has 0 aliphatic heterocycles. The Hall–Kier alpha value is -3.90. The van der Waals surface area contributed by atoms with Gasteiger partial charge in [0.05, 0.1) is 17.0 Å². The van der Waals surface area contributed by atoms with Gasteiger partial charge in [-0.25, -0.2) is 30.5 Å². The zero-order valence-electron chi connectivity index (χ0n) is 20.8. The maximum absolute atomic E-state index is 13.8. The minimum atomic E-state index is -4.36. The van der Waals surface area contributed by atoms with Gasteiger partial charge in [-0.15, -0.1) is 0 Å². The van der Waals surface area contributed by atoms with E-state index >= 15 is 0 Å². The van der Waals surface area contributed by atoms with Crippen LogP contribution in [-0.2, 0) is 37.9 Å². The summed E-state index contributed by atoms with van der Waals surface area (Å²) in [6.45, 7) is -0.210. The summed E-state index contributed by atoms with van der Waals surface area (Å²) < 4.78 is 77.1. The van der Waals surface area contributed by atoms with Gasteiger partial charge in [-0.3, -0.25) is 0 Å². The first-order chi connectivity index (χ1) is 18.7. The monoisotopic (exact) mass is 565 g/mol. The average Bonchev–Trinajstić information content (AvgIpc) is 3.29. The fourth-order valence-electron chi connectivity index (χ4n) is 4.35. The van der Waals surface area contributed by atoms with Crippen molar-refractivity contribution in [2.24, 2.45) is 0 Å². The second-order valence-electron chi connectivity index (χ2n) is 8.71. The summed E-state index contributed by atoms with van der Waals surface area (Å²) in [4.78, 5) is 3.61. The van der Waals surface area contributed by atoms with Crippen LogP contribution in [0.15, 0.2) is 107 Å². The first-order valence-electron chi connectivity index (χ1n) is 11.8. The van der Waals surface area contributed by atoms with E-state index in [-0.39, 0.29) is 29.1 Å². The molecule has 200 valence electrons. The Labute approximate surface area is 225 Å². The number of nitrogens with zero attached hydrogens (tertiary/aromatic N) is 2. The lowest BCUT2D eigenvalue weighted by atomic mass is 10.1. The molecule has 2 aromatic heterocycles. The van der Waals surface area contributed by atoms with E-state index in [0.717, 1.165) is 9.54 Å². The van der Waals surface area contributed by atoms with Crippen molar-refractivity contribution >= 4 is 30.9 Å². The van der Waals surface area contributed by atoms with Crippen LogP contribution in [0.25, 0.3) is 22.0 Å². The molecule has 8 nitrogen and oxygen atoms in total. The number of fused-ring (bicyclic) bond motifs is 1. The van der Waals surface area contributed by atoms with Gasteiger partial charge in [0.25, 0.3) is 20.0 Å². The minimum absolute atomic E-state index is 0.0444. The molecule has 0 spiro atoms. The van der Waals surface area contributed by atoms with Gasteiger partial charge in [0.2, 0.25) is 5.95 Å². The molecule has 0 saturated heterocycles. The van der Waals surface area contributed by atoms with Crippen LogP contribution in [-0.4, -0.2) is 32.9 Å². The fraction of sp³-hybridized carbons (Fsp3) is 0.107. The van der Waals surface area contributed by atoms with Gasteiger partial charge in [0, 0.05) is 36.4 Å². The highest BCUT2D eigenvalue weighted by Gasteiger charge is 2.33. The van der Waals surface area contributed by atoms with Crippen LogP contribution < -0.4 is 4.72 Å². The van der Waals surface area contributed by atoms with E-state index in [1.165, 1.54) is 31.5 Å². The first-order valence-corrected chi connectivity index (χ1v) is 14.8. The number of hydrogen-bond donors (Lipinski definition) is 1. The van der Waals surface area contributed by atoms with Gasteiger partial charge in [-0.1, -0.05) is 60.7 Å². The number of hydrogen-bond acceptors (Lipinski definition) is 6. The van der Waals surface area contributed by atoms with Crippen LogP contribution in [0, 0.1) is 5.95 Å². The predicted octanol–water partition coefficient (Wildman–Crippen LogP) is 4.70. The van der Waals surface area contributed by atoms with E-state index < -0.39 is 31.0 Å². The van der Waals surface area contributed by atoms with Crippen LogP contribution in [0.2, 0.25) is 0 Å². The Morgan fingerprint density at radius 2 is 1.51 bits per heavy atom. The third-order valence-corrected chi connectivity index (χ3v) is 9.50. The molecule has 0 fully saturated rings. The summed E-state index contributed by atoms with van der Waals surface area (Å²) in [6, 6.07) is 24.1. The molecular formula is C28H24FN3O5S2. The molecule has 0 unspecified atom stereocenters. The summed E-state index contributed by atoms with van der Waals surface area (Å²) in [7, 11) is -7.23. The molecule has 2 heterocycles. The molecule has 5 rings (SSSR count). The number of benzene rings is 3. The summed E-state index contributed by atoms with van der Waals surface area (Å²) >= 11 is 0. The number of pyridine rings is 1. The molecular weight excluding hydrogens is 541 g/mol. The number of halogens is 1. The SMILES string of the molecule is COCc1c(S(=O)(=O)NCc2ccc(-c3ccc(F)nc3)cc2)n(S(=O)(=O)c2ccccc2)c2ccccc12. The third kappa shape index (κ3) is 5.21. The van der Waals surface area contributed by atoms with Crippen LogP contribution in [0.5, 0.6) is 0 Å². The van der Waals surface area contributed by atoms with Crippen LogP contribution >= 0.6 is 0 Å². The third-order valence-electron chi connectivity index (χ3n) is 6.20. The van der Waals surface area contributed by atoms with Crippen molar-refractivity contribution in [3.8, 4) is 11.1 Å². The van der Waals surface area contributed by atoms with Crippen molar-refractivity contribution in [3.05, 3.63) is 114 Å². The van der Waals surface area contributed by atoms with E-state index in [1.54, 1.807) is 72.8 Å². The lowest BCUT2D eigenvalue weighted by molar-refractivity contribution is 0.183. The molecule has 5 aromatic rings.